The molecule has 0 radical (unpaired) electrons. The number of nitrogens with one attached hydrogen (secondary N) is 1. The lowest BCUT2D eigenvalue weighted by Gasteiger charge is -2.22. The zero-order valence-corrected chi connectivity index (χ0v) is 13.0. The number of urea groups is 1. The molecule has 1 heterocycles. The molecular formula is C18H15FN2O3. The van der Waals surface area contributed by atoms with Crippen molar-refractivity contribution in [3.8, 4) is 0 Å². The number of carbonyl (C=O) groups is 3. The molecule has 1 unspecified atom stereocenters. The highest BCUT2D eigenvalue weighted by molar-refractivity contribution is 6.11. The van der Waals surface area contributed by atoms with Crippen molar-refractivity contribution in [2.45, 2.75) is 12.5 Å². The van der Waals surface area contributed by atoms with Crippen molar-refractivity contribution in [3.63, 3.8) is 0 Å². The van der Waals surface area contributed by atoms with Crippen LogP contribution in [0.5, 0.6) is 0 Å². The zero-order chi connectivity index (χ0) is 17.3. The van der Waals surface area contributed by atoms with Crippen LogP contribution in [-0.2, 0) is 10.3 Å². The van der Waals surface area contributed by atoms with E-state index in [-0.39, 0.29) is 11.3 Å². The summed E-state index contributed by atoms with van der Waals surface area (Å²) < 4.78 is 14.1. The number of hydrogen-bond acceptors (Lipinski definition) is 3. The molecule has 1 saturated heterocycles. The molecule has 0 saturated carbocycles. The van der Waals surface area contributed by atoms with Crippen LogP contribution in [0, 0.1) is 5.82 Å². The molecule has 1 aliphatic heterocycles. The van der Waals surface area contributed by atoms with Gasteiger partial charge in [0.25, 0.3) is 5.91 Å². The van der Waals surface area contributed by atoms with Gasteiger partial charge in [-0.15, -0.1) is 0 Å². The van der Waals surface area contributed by atoms with Crippen LogP contribution in [0.2, 0.25) is 0 Å². The van der Waals surface area contributed by atoms with Crippen LogP contribution in [-0.4, -0.2) is 29.2 Å². The maximum absolute atomic E-state index is 14.1. The number of hydrogen-bond donors (Lipinski definition) is 1. The van der Waals surface area contributed by atoms with Crippen LogP contribution in [0.1, 0.15) is 22.8 Å². The minimum atomic E-state index is -1.53. The normalized spacial score (nSPS) is 20.2. The maximum atomic E-state index is 14.1. The molecule has 3 rings (SSSR count). The summed E-state index contributed by atoms with van der Waals surface area (Å²) in [6.45, 7) is 1.04. The van der Waals surface area contributed by atoms with Gasteiger partial charge in [-0.1, -0.05) is 48.5 Å². The van der Waals surface area contributed by atoms with E-state index in [2.05, 4.69) is 5.32 Å². The van der Waals surface area contributed by atoms with E-state index in [0.717, 1.165) is 4.90 Å². The van der Waals surface area contributed by atoms with Gasteiger partial charge in [-0.05, 0) is 13.0 Å². The summed E-state index contributed by atoms with van der Waals surface area (Å²) in [5, 5.41) is 2.49. The molecule has 2 aromatic rings. The van der Waals surface area contributed by atoms with Crippen LogP contribution < -0.4 is 5.32 Å². The Morgan fingerprint density at radius 2 is 1.71 bits per heavy atom. The third kappa shape index (κ3) is 2.56. The molecule has 2 aromatic carbocycles. The predicted octanol–water partition coefficient (Wildman–Crippen LogP) is 2.48. The van der Waals surface area contributed by atoms with Gasteiger partial charge < -0.3 is 5.32 Å². The molecular weight excluding hydrogens is 311 g/mol. The summed E-state index contributed by atoms with van der Waals surface area (Å²) in [5.74, 6) is -1.61. The summed E-state index contributed by atoms with van der Waals surface area (Å²) in [6.07, 6.45) is 0. The second kappa shape index (κ2) is 5.88. The van der Waals surface area contributed by atoms with Crippen LogP contribution >= 0.6 is 0 Å². The molecule has 24 heavy (non-hydrogen) atoms. The third-order valence-corrected chi connectivity index (χ3v) is 4.08. The third-order valence-electron chi connectivity index (χ3n) is 4.08. The van der Waals surface area contributed by atoms with Crippen molar-refractivity contribution in [2.24, 2.45) is 0 Å². The van der Waals surface area contributed by atoms with Crippen LogP contribution in [0.25, 0.3) is 0 Å². The summed E-state index contributed by atoms with van der Waals surface area (Å²) in [4.78, 5) is 37.9. The standard InChI is InChI=1S/C18H15FN2O3/c1-18(13-9-5-6-10-14(13)19)16(23)21(17(24)20-18)11-15(22)12-7-3-2-4-8-12/h2-10H,11H2,1H3,(H,20,24). The molecule has 1 N–H and O–H groups in total. The Morgan fingerprint density at radius 3 is 2.38 bits per heavy atom. The largest absolute Gasteiger partial charge is 0.325 e. The van der Waals surface area contributed by atoms with Crippen LogP contribution in [0.15, 0.2) is 54.6 Å². The average Bonchev–Trinajstić information content (AvgIpc) is 2.80. The second-order valence-electron chi connectivity index (χ2n) is 5.72. The van der Waals surface area contributed by atoms with Crippen molar-refractivity contribution in [1.29, 1.82) is 0 Å². The highest BCUT2D eigenvalue weighted by Gasteiger charge is 2.50. The molecule has 0 aliphatic carbocycles. The van der Waals surface area contributed by atoms with Gasteiger partial charge in [-0.3, -0.25) is 14.5 Å². The minimum Gasteiger partial charge on any atom is -0.319 e. The van der Waals surface area contributed by atoms with Crippen molar-refractivity contribution in [2.75, 3.05) is 6.54 Å². The molecule has 5 nitrogen and oxygen atoms in total. The Labute approximate surface area is 138 Å². The number of rotatable bonds is 4. The minimum absolute atomic E-state index is 0.0676. The highest BCUT2D eigenvalue weighted by Crippen LogP contribution is 2.30. The van der Waals surface area contributed by atoms with Gasteiger partial charge in [0, 0.05) is 11.1 Å². The molecule has 1 atom stereocenters. The van der Waals surface area contributed by atoms with Gasteiger partial charge in [0.05, 0.1) is 6.54 Å². The number of ketones is 1. The topological polar surface area (TPSA) is 66.5 Å². The average molecular weight is 326 g/mol. The van der Waals surface area contributed by atoms with E-state index >= 15 is 0 Å². The SMILES string of the molecule is CC1(c2ccccc2F)NC(=O)N(CC(=O)c2ccccc2)C1=O. The van der Waals surface area contributed by atoms with Gasteiger partial charge >= 0.3 is 6.03 Å². The van der Waals surface area contributed by atoms with Crippen molar-refractivity contribution >= 4 is 17.7 Å². The summed E-state index contributed by atoms with van der Waals surface area (Å²) >= 11 is 0. The number of Topliss-reactive ketones (excluding diaryl/α,β-unsaturated/α-hetero) is 1. The summed E-state index contributed by atoms with van der Waals surface area (Å²) in [5.41, 5.74) is -1.06. The van der Waals surface area contributed by atoms with Crippen LogP contribution in [0.3, 0.4) is 0 Å². The van der Waals surface area contributed by atoms with Crippen LogP contribution in [0.4, 0.5) is 9.18 Å². The number of benzene rings is 2. The summed E-state index contributed by atoms with van der Waals surface area (Å²) in [6, 6.07) is 13.4. The van der Waals surface area contributed by atoms with E-state index in [9.17, 15) is 18.8 Å². The Morgan fingerprint density at radius 1 is 1.08 bits per heavy atom. The molecule has 0 aromatic heterocycles. The first-order valence-corrected chi connectivity index (χ1v) is 7.41. The van der Waals surface area contributed by atoms with E-state index < -0.39 is 29.8 Å². The molecule has 122 valence electrons. The van der Waals surface area contributed by atoms with Gasteiger partial charge in [0.2, 0.25) is 0 Å². The molecule has 1 aliphatic rings. The molecule has 1 fully saturated rings. The van der Waals surface area contributed by atoms with Crippen molar-refractivity contribution in [3.05, 3.63) is 71.5 Å². The van der Waals surface area contributed by atoms with E-state index in [1.165, 1.54) is 25.1 Å². The lowest BCUT2D eigenvalue weighted by atomic mass is 9.91. The lowest BCUT2D eigenvalue weighted by Crippen LogP contribution is -2.42. The zero-order valence-electron chi connectivity index (χ0n) is 13.0. The predicted molar refractivity (Wildman–Crippen MR) is 84.8 cm³/mol. The maximum Gasteiger partial charge on any atom is 0.325 e. The fraction of sp³-hybridized carbons (Fsp3) is 0.167. The Hall–Kier alpha value is -3.02. The first kappa shape index (κ1) is 15.9. The highest BCUT2D eigenvalue weighted by atomic mass is 19.1. The Bertz CT molecular complexity index is 822. The molecule has 0 bridgehead atoms. The Balaban J connectivity index is 1.87. The smallest absolute Gasteiger partial charge is 0.319 e. The second-order valence-corrected chi connectivity index (χ2v) is 5.72. The number of carbonyl (C=O) groups excluding carboxylic acids is 3. The lowest BCUT2D eigenvalue weighted by molar-refractivity contribution is -0.130. The van der Waals surface area contributed by atoms with E-state index in [1.807, 2.05) is 0 Å². The van der Waals surface area contributed by atoms with Gasteiger partial charge in [0.1, 0.15) is 11.4 Å². The summed E-state index contributed by atoms with van der Waals surface area (Å²) in [7, 11) is 0. The molecule has 0 spiro atoms. The number of nitrogens with zero attached hydrogens (tertiary/aromatic N) is 1. The monoisotopic (exact) mass is 326 g/mol. The van der Waals surface area contributed by atoms with Gasteiger partial charge in [-0.2, -0.15) is 0 Å². The fourth-order valence-electron chi connectivity index (χ4n) is 2.75. The van der Waals surface area contributed by atoms with E-state index in [1.54, 1.807) is 36.4 Å². The Kier molecular flexibility index (Phi) is 3.89. The van der Waals surface area contributed by atoms with Crippen molar-refractivity contribution < 1.29 is 18.8 Å². The first-order valence-electron chi connectivity index (χ1n) is 7.41. The van der Waals surface area contributed by atoms with E-state index in [4.69, 9.17) is 0 Å². The van der Waals surface area contributed by atoms with Gasteiger partial charge in [-0.25, -0.2) is 9.18 Å². The number of halogens is 1. The quantitative estimate of drug-likeness (QED) is 0.693. The number of amides is 3. The fourth-order valence-corrected chi connectivity index (χ4v) is 2.75. The molecule has 6 heteroatoms. The van der Waals surface area contributed by atoms with E-state index in [0.29, 0.717) is 5.56 Å². The van der Waals surface area contributed by atoms with Gasteiger partial charge in [0.15, 0.2) is 5.78 Å². The number of imide groups is 1. The molecule has 3 amide bonds. The first-order chi connectivity index (χ1) is 11.4. The van der Waals surface area contributed by atoms with Crippen molar-refractivity contribution in [1.82, 2.24) is 10.2 Å².